The highest BCUT2D eigenvalue weighted by atomic mass is 16.5. The molecule has 1 aromatic heterocycles. The van der Waals surface area contributed by atoms with Crippen LogP contribution in [0.25, 0.3) is 0 Å². The Morgan fingerprint density at radius 2 is 1.64 bits per heavy atom. The van der Waals surface area contributed by atoms with E-state index in [0.29, 0.717) is 17.7 Å². The fourth-order valence-electron chi connectivity index (χ4n) is 2.49. The maximum Gasteiger partial charge on any atom is 0.193 e. The average Bonchev–Trinajstić information content (AvgIpc) is 3.19. The Morgan fingerprint density at radius 3 is 2.20 bits per heavy atom. The van der Waals surface area contributed by atoms with Crippen LogP contribution in [0.4, 0.5) is 0 Å². The van der Waals surface area contributed by atoms with E-state index >= 15 is 0 Å². The standard InChI is InChI=1S/C20H20N2O3/c1-24-18-8-4-15(5-9-18)20(23)16-6-10-19(11-7-16)25-12-2-3-17-13-21-14-22-17/h4-11,13-14H,2-3,12H2,1H3,(H,21,22). The molecule has 0 spiro atoms. The first-order valence-corrected chi connectivity index (χ1v) is 8.15. The number of H-pyrrole nitrogens is 1. The molecule has 0 saturated heterocycles. The summed E-state index contributed by atoms with van der Waals surface area (Å²) in [7, 11) is 1.60. The highest BCUT2D eigenvalue weighted by Crippen LogP contribution is 2.18. The second-order valence-corrected chi connectivity index (χ2v) is 5.61. The molecule has 3 rings (SSSR count). The van der Waals surface area contributed by atoms with E-state index in [2.05, 4.69) is 9.97 Å². The van der Waals surface area contributed by atoms with E-state index in [1.807, 2.05) is 18.3 Å². The van der Waals surface area contributed by atoms with E-state index in [9.17, 15) is 4.79 Å². The maximum atomic E-state index is 12.5. The molecule has 3 aromatic rings. The summed E-state index contributed by atoms with van der Waals surface area (Å²) in [5.74, 6) is 1.47. The number of carbonyl (C=O) groups excluding carboxylic acids is 1. The molecule has 0 aliphatic carbocycles. The van der Waals surface area contributed by atoms with Crippen molar-refractivity contribution in [3.8, 4) is 11.5 Å². The number of nitrogens with zero attached hydrogens (tertiary/aromatic N) is 1. The minimum Gasteiger partial charge on any atom is -0.497 e. The topological polar surface area (TPSA) is 64.2 Å². The summed E-state index contributed by atoms with van der Waals surface area (Å²) in [5.41, 5.74) is 2.37. The molecule has 0 radical (unpaired) electrons. The predicted octanol–water partition coefficient (Wildman–Crippen LogP) is 3.66. The van der Waals surface area contributed by atoms with Gasteiger partial charge in [-0.25, -0.2) is 4.98 Å². The number of aromatic nitrogens is 2. The molecule has 0 aliphatic rings. The molecule has 0 amide bonds. The number of nitrogens with one attached hydrogen (secondary N) is 1. The molecule has 5 heteroatoms. The number of carbonyl (C=O) groups is 1. The van der Waals surface area contributed by atoms with Crippen LogP contribution in [0.3, 0.4) is 0 Å². The van der Waals surface area contributed by atoms with Gasteiger partial charge in [-0.05, 0) is 61.4 Å². The van der Waals surface area contributed by atoms with Gasteiger partial charge in [-0.15, -0.1) is 0 Å². The Balaban J connectivity index is 1.53. The van der Waals surface area contributed by atoms with Gasteiger partial charge in [-0.3, -0.25) is 4.79 Å². The molecular weight excluding hydrogens is 316 g/mol. The molecule has 0 unspecified atom stereocenters. The molecule has 5 nitrogen and oxygen atoms in total. The molecule has 0 atom stereocenters. The molecule has 25 heavy (non-hydrogen) atoms. The van der Waals surface area contributed by atoms with Crippen LogP contribution < -0.4 is 9.47 Å². The van der Waals surface area contributed by atoms with Crippen molar-refractivity contribution in [2.45, 2.75) is 12.8 Å². The van der Waals surface area contributed by atoms with Gasteiger partial charge in [-0.1, -0.05) is 0 Å². The lowest BCUT2D eigenvalue weighted by atomic mass is 10.0. The average molecular weight is 336 g/mol. The number of aryl methyl sites for hydroxylation is 1. The zero-order valence-corrected chi connectivity index (χ0v) is 14.1. The van der Waals surface area contributed by atoms with Crippen LogP contribution in [0.15, 0.2) is 61.1 Å². The lowest BCUT2D eigenvalue weighted by Gasteiger charge is -2.07. The lowest BCUT2D eigenvalue weighted by molar-refractivity contribution is 0.103. The largest absolute Gasteiger partial charge is 0.497 e. The van der Waals surface area contributed by atoms with Crippen molar-refractivity contribution < 1.29 is 14.3 Å². The van der Waals surface area contributed by atoms with Crippen molar-refractivity contribution in [2.24, 2.45) is 0 Å². The zero-order valence-electron chi connectivity index (χ0n) is 14.1. The molecule has 2 aromatic carbocycles. The first kappa shape index (κ1) is 16.8. The van der Waals surface area contributed by atoms with Crippen LogP contribution >= 0.6 is 0 Å². The number of imidazole rings is 1. The van der Waals surface area contributed by atoms with Gasteiger partial charge in [0.05, 0.1) is 20.0 Å². The number of benzene rings is 2. The summed E-state index contributed by atoms with van der Waals surface area (Å²) in [6.07, 6.45) is 5.29. The van der Waals surface area contributed by atoms with Crippen molar-refractivity contribution in [1.29, 1.82) is 0 Å². The molecule has 0 saturated carbocycles. The molecule has 1 N–H and O–H groups in total. The molecule has 128 valence electrons. The number of hydrogen-bond acceptors (Lipinski definition) is 4. The zero-order chi connectivity index (χ0) is 17.5. The second-order valence-electron chi connectivity index (χ2n) is 5.61. The van der Waals surface area contributed by atoms with Crippen molar-refractivity contribution in [3.63, 3.8) is 0 Å². The van der Waals surface area contributed by atoms with Crippen LogP contribution in [0, 0.1) is 0 Å². The third kappa shape index (κ3) is 4.47. The van der Waals surface area contributed by atoms with Gasteiger partial charge in [0.1, 0.15) is 11.5 Å². The van der Waals surface area contributed by atoms with Crippen molar-refractivity contribution >= 4 is 5.78 Å². The van der Waals surface area contributed by atoms with E-state index in [4.69, 9.17) is 9.47 Å². The highest BCUT2D eigenvalue weighted by molar-refractivity contribution is 6.09. The smallest absolute Gasteiger partial charge is 0.193 e. The Kier molecular flexibility index (Phi) is 5.46. The minimum atomic E-state index is -0.0200. The number of methoxy groups -OCH3 is 1. The van der Waals surface area contributed by atoms with Gasteiger partial charge in [0.15, 0.2) is 5.78 Å². The Bertz CT molecular complexity index is 794. The van der Waals surface area contributed by atoms with E-state index < -0.39 is 0 Å². The van der Waals surface area contributed by atoms with Gasteiger partial charge in [-0.2, -0.15) is 0 Å². The third-order valence-electron chi connectivity index (χ3n) is 3.88. The molecule has 1 heterocycles. The second kappa shape index (κ2) is 8.15. The molecule has 0 fully saturated rings. The van der Waals surface area contributed by atoms with E-state index in [0.717, 1.165) is 30.0 Å². The number of aromatic amines is 1. The number of ketones is 1. The van der Waals surface area contributed by atoms with Gasteiger partial charge in [0.2, 0.25) is 0 Å². The summed E-state index contributed by atoms with van der Waals surface area (Å²) in [5, 5.41) is 0. The summed E-state index contributed by atoms with van der Waals surface area (Å²) < 4.78 is 10.8. The van der Waals surface area contributed by atoms with Crippen LogP contribution in [0.1, 0.15) is 28.0 Å². The van der Waals surface area contributed by atoms with Crippen molar-refractivity contribution in [3.05, 3.63) is 77.9 Å². The normalized spacial score (nSPS) is 10.4. The van der Waals surface area contributed by atoms with Crippen LogP contribution in [0.2, 0.25) is 0 Å². The fourth-order valence-corrected chi connectivity index (χ4v) is 2.49. The Hall–Kier alpha value is -3.08. The lowest BCUT2D eigenvalue weighted by Crippen LogP contribution is -2.02. The predicted molar refractivity (Wildman–Crippen MR) is 95.3 cm³/mol. The molecule has 0 aliphatic heterocycles. The summed E-state index contributed by atoms with van der Waals surface area (Å²) in [4.78, 5) is 19.5. The van der Waals surface area contributed by atoms with E-state index in [1.165, 1.54) is 0 Å². The Morgan fingerprint density at radius 1 is 1.00 bits per heavy atom. The third-order valence-corrected chi connectivity index (χ3v) is 3.88. The summed E-state index contributed by atoms with van der Waals surface area (Å²) in [6, 6.07) is 14.3. The van der Waals surface area contributed by atoms with Crippen molar-refractivity contribution in [1.82, 2.24) is 9.97 Å². The van der Waals surface area contributed by atoms with Crippen LogP contribution in [-0.2, 0) is 6.42 Å². The van der Waals surface area contributed by atoms with Crippen LogP contribution in [-0.4, -0.2) is 29.5 Å². The van der Waals surface area contributed by atoms with E-state index in [-0.39, 0.29) is 5.78 Å². The molecule has 0 bridgehead atoms. The quantitative estimate of drug-likeness (QED) is 0.504. The SMILES string of the molecule is COc1ccc(C(=O)c2ccc(OCCCc3cnc[nH]3)cc2)cc1. The van der Waals surface area contributed by atoms with Gasteiger partial charge >= 0.3 is 0 Å². The summed E-state index contributed by atoms with van der Waals surface area (Å²) >= 11 is 0. The first-order chi connectivity index (χ1) is 12.3. The monoisotopic (exact) mass is 336 g/mol. The number of rotatable bonds is 8. The van der Waals surface area contributed by atoms with Gasteiger partial charge < -0.3 is 14.5 Å². The highest BCUT2D eigenvalue weighted by Gasteiger charge is 2.09. The maximum absolute atomic E-state index is 12.5. The summed E-state index contributed by atoms with van der Waals surface area (Å²) in [6.45, 7) is 0.616. The fraction of sp³-hybridized carbons (Fsp3) is 0.200. The van der Waals surface area contributed by atoms with Gasteiger partial charge in [0, 0.05) is 23.0 Å². The van der Waals surface area contributed by atoms with Crippen molar-refractivity contribution in [2.75, 3.05) is 13.7 Å². The molecular formula is C20H20N2O3. The van der Waals surface area contributed by atoms with E-state index in [1.54, 1.807) is 49.8 Å². The number of hydrogen-bond donors (Lipinski definition) is 1. The number of ether oxygens (including phenoxy) is 2. The Labute approximate surface area is 146 Å². The minimum absolute atomic E-state index is 0.0200. The first-order valence-electron chi connectivity index (χ1n) is 8.15. The van der Waals surface area contributed by atoms with Gasteiger partial charge in [0.25, 0.3) is 0 Å². The van der Waals surface area contributed by atoms with Crippen LogP contribution in [0.5, 0.6) is 11.5 Å².